The van der Waals surface area contributed by atoms with E-state index in [0.717, 1.165) is 56.9 Å². The minimum absolute atomic E-state index is 0.283. The fourth-order valence-electron chi connectivity index (χ4n) is 3.46. The molecule has 1 spiro atoms. The average molecular weight is 315 g/mol. The third-order valence-corrected chi connectivity index (χ3v) is 4.78. The summed E-state index contributed by atoms with van der Waals surface area (Å²) in [6.07, 6.45) is 5.38. The molecule has 0 aliphatic carbocycles. The number of piperidine rings is 1. The van der Waals surface area contributed by atoms with Crippen molar-refractivity contribution in [2.45, 2.75) is 45.1 Å². The second-order valence-electron chi connectivity index (χ2n) is 6.21. The Kier molecular flexibility index (Phi) is 3.52. The summed E-state index contributed by atoms with van der Waals surface area (Å²) in [6, 6.07) is 0. The third-order valence-electron chi connectivity index (χ3n) is 4.78. The second-order valence-corrected chi connectivity index (χ2v) is 6.21. The summed E-state index contributed by atoms with van der Waals surface area (Å²) in [5.41, 5.74) is 2.02. The fraction of sp³-hybridized carbons (Fsp3) is 0.625. The van der Waals surface area contributed by atoms with Gasteiger partial charge in [-0.3, -0.25) is 0 Å². The molecule has 2 aliphatic heterocycles. The van der Waals surface area contributed by atoms with Crippen molar-refractivity contribution in [1.29, 1.82) is 0 Å². The molecule has 0 unspecified atom stereocenters. The maximum absolute atomic E-state index is 6.22. The maximum Gasteiger partial charge on any atom is 0.266 e. The topological polar surface area (TPSA) is 77.2 Å². The minimum atomic E-state index is -0.283. The number of anilines is 1. The van der Waals surface area contributed by atoms with Crippen LogP contribution in [0.1, 0.15) is 42.7 Å². The highest BCUT2D eigenvalue weighted by Gasteiger charge is 2.43. The lowest BCUT2D eigenvalue weighted by atomic mass is 9.83. The van der Waals surface area contributed by atoms with Crippen LogP contribution in [-0.4, -0.2) is 39.8 Å². The van der Waals surface area contributed by atoms with Crippen molar-refractivity contribution in [2.75, 3.05) is 24.6 Å². The molecule has 0 amide bonds. The van der Waals surface area contributed by atoms with Crippen molar-refractivity contribution in [3.05, 3.63) is 29.2 Å². The third kappa shape index (κ3) is 2.49. The van der Waals surface area contributed by atoms with Gasteiger partial charge in [-0.2, -0.15) is 4.98 Å². The molecule has 2 aromatic heterocycles. The highest BCUT2D eigenvalue weighted by Crippen LogP contribution is 2.40. The predicted octanol–water partition coefficient (Wildman–Crippen LogP) is 1.80. The number of hydrogen-bond donors (Lipinski definition) is 0. The van der Waals surface area contributed by atoms with Crippen LogP contribution in [0.15, 0.2) is 10.7 Å². The zero-order valence-corrected chi connectivity index (χ0v) is 13.6. The van der Waals surface area contributed by atoms with Crippen LogP contribution in [0.3, 0.4) is 0 Å². The van der Waals surface area contributed by atoms with Gasteiger partial charge in [0.25, 0.3) is 5.95 Å². The Hall–Kier alpha value is -2.02. The number of aromatic nitrogens is 4. The molecule has 0 saturated carbocycles. The van der Waals surface area contributed by atoms with Gasteiger partial charge in [0.15, 0.2) is 0 Å². The highest BCUT2D eigenvalue weighted by atomic mass is 16.5. The van der Waals surface area contributed by atoms with E-state index < -0.39 is 0 Å². The van der Waals surface area contributed by atoms with E-state index in [9.17, 15) is 0 Å². The smallest absolute Gasteiger partial charge is 0.266 e. The molecule has 4 rings (SSSR count). The van der Waals surface area contributed by atoms with Crippen LogP contribution < -0.4 is 4.90 Å². The van der Waals surface area contributed by atoms with E-state index in [1.165, 1.54) is 5.56 Å². The normalized spacial score (nSPS) is 19.8. The molecule has 122 valence electrons. The number of ether oxygens (including phenoxy) is 1. The van der Waals surface area contributed by atoms with Gasteiger partial charge in [0.2, 0.25) is 5.89 Å². The van der Waals surface area contributed by atoms with Gasteiger partial charge in [-0.05, 0) is 36.9 Å². The Morgan fingerprint density at radius 3 is 2.83 bits per heavy atom. The van der Waals surface area contributed by atoms with Crippen molar-refractivity contribution in [1.82, 2.24) is 20.1 Å². The van der Waals surface area contributed by atoms with Crippen LogP contribution >= 0.6 is 0 Å². The van der Waals surface area contributed by atoms with E-state index in [0.29, 0.717) is 11.8 Å². The first-order valence-electron chi connectivity index (χ1n) is 8.25. The van der Waals surface area contributed by atoms with Crippen molar-refractivity contribution in [3.8, 4) is 0 Å². The van der Waals surface area contributed by atoms with Crippen molar-refractivity contribution >= 4 is 5.95 Å². The summed E-state index contributed by atoms with van der Waals surface area (Å²) in [5.74, 6) is 2.18. The molecule has 0 radical (unpaired) electrons. The van der Waals surface area contributed by atoms with E-state index in [1.807, 2.05) is 20.0 Å². The molecule has 1 fully saturated rings. The van der Waals surface area contributed by atoms with Crippen molar-refractivity contribution in [2.24, 2.45) is 0 Å². The first kappa shape index (κ1) is 14.6. The van der Waals surface area contributed by atoms with Gasteiger partial charge in [-0.25, -0.2) is 9.97 Å². The summed E-state index contributed by atoms with van der Waals surface area (Å²) in [6.45, 7) is 6.36. The van der Waals surface area contributed by atoms with Crippen LogP contribution in [0, 0.1) is 6.92 Å². The zero-order chi connectivity index (χ0) is 15.9. The molecular formula is C16H21N5O2. The quantitative estimate of drug-likeness (QED) is 0.836. The lowest BCUT2D eigenvalue weighted by molar-refractivity contribution is -0.0804. The highest BCUT2D eigenvalue weighted by molar-refractivity contribution is 5.33. The Labute approximate surface area is 135 Å². The number of nitrogens with zero attached hydrogens (tertiary/aromatic N) is 5. The molecular weight excluding hydrogens is 294 g/mol. The molecule has 2 aromatic rings. The van der Waals surface area contributed by atoms with Crippen molar-refractivity contribution in [3.63, 3.8) is 0 Å². The predicted molar refractivity (Wildman–Crippen MR) is 83.2 cm³/mol. The number of fused-ring (bicyclic) bond motifs is 2. The summed E-state index contributed by atoms with van der Waals surface area (Å²) < 4.78 is 11.4. The minimum Gasteiger partial charge on any atom is -0.368 e. The zero-order valence-electron chi connectivity index (χ0n) is 13.6. The molecule has 23 heavy (non-hydrogen) atoms. The molecule has 0 bridgehead atoms. The van der Waals surface area contributed by atoms with Crippen LogP contribution in [0.5, 0.6) is 0 Å². The fourth-order valence-corrected chi connectivity index (χ4v) is 3.46. The van der Waals surface area contributed by atoms with Gasteiger partial charge in [0.1, 0.15) is 11.4 Å². The molecule has 2 aliphatic rings. The first-order chi connectivity index (χ1) is 11.2. The summed E-state index contributed by atoms with van der Waals surface area (Å²) in [7, 11) is 0. The van der Waals surface area contributed by atoms with Gasteiger partial charge in [0, 0.05) is 25.7 Å². The summed E-state index contributed by atoms with van der Waals surface area (Å²) in [5, 5.41) is 4.08. The van der Waals surface area contributed by atoms with Crippen LogP contribution in [-0.2, 0) is 23.2 Å². The Bertz CT molecular complexity index is 706. The monoisotopic (exact) mass is 315 g/mol. The lowest BCUT2D eigenvalue weighted by Crippen LogP contribution is -2.47. The van der Waals surface area contributed by atoms with E-state index in [1.54, 1.807) is 0 Å². The van der Waals surface area contributed by atoms with E-state index >= 15 is 0 Å². The number of aryl methyl sites for hydroxylation is 2. The van der Waals surface area contributed by atoms with Gasteiger partial charge in [-0.1, -0.05) is 6.92 Å². The van der Waals surface area contributed by atoms with Gasteiger partial charge < -0.3 is 14.2 Å². The maximum atomic E-state index is 6.22. The molecule has 7 heteroatoms. The van der Waals surface area contributed by atoms with Crippen molar-refractivity contribution < 1.29 is 9.26 Å². The summed E-state index contributed by atoms with van der Waals surface area (Å²) >= 11 is 0. The van der Waals surface area contributed by atoms with Gasteiger partial charge in [-0.15, -0.1) is 0 Å². The van der Waals surface area contributed by atoms with E-state index in [2.05, 4.69) is 20.0 Å². The first-order valence-corrected chi connectivity index (χ1v) is 8.25. The standard InChI is InChI=1S/C16H21N5O2/c1-3-13-19-15(20-23-13)21-7-5-16(6-8-21)14-12(4-9-22-16)10-17-11(2)18-14/h10H,3-9H2,1-2H3. The largest absolute Gasteiger partial charge is 0.368 e. The Balaban J connectivity index is 1.56. The average Bonchev–Trinajstić information content (AvgIpc) is 3.06. The molecule has 7 nitrogen and oxygen atoms in total. The Morgan fingerprint density at radius 2 is 2.09 bits per heavy atom. The molecule has 0 aromatic carbocycles. The van der Waals surface area contributed by atoms with E-state index in [4.69, 9.17) is 14.2 Å². The van der Waals surface area contributed by atoms with Crippen LogP contribution in [0.25, 0.3) is 0 Å². The molecule has 1 saturated heterocycles. The molecule has 4 heterocycles. The van der Waals surface area contributed by atoms with E-state index in [-0.39, 0.29) is 5.60 Å². The second kappa shape index (κ2) is 5.56. The molecule has 0 N–H and O–H groups in total. The molecule has 0 atom stereocenters. The van der Waals surface area contributed by atoms with Crippen LogP contribution in [0.2, 0.25) is 0 Å². The van der Waals surface area contributed by atoms with Gasteiger partial charge >= 0.3 is 0 Å². The number of rotatable bonds is 2. The SMILES string of the molecule is CCc1nc(N2CCC3(CC2)OCCc2cnc(C)nc23)no1. The van der Waals surface area contributed by atoms with Gasteiger partial charge in [0.05, 0.1) is 12.3 Å². The van der Waals surface area contributed by atoms with Crippen LogP contribution in [0.4, 0.5) is 5.95 Å². The number of hydrogen-bond acceptors (Lipinski definition) is 7. The lowest BCUT2D eigenvalue weighted by Gasteiger charge is -2.43. The Morgan fingerprint density at radius 1 is 1.26 bits per heavy atom. The summed E-state index contributed by atoms with van der Waals surface area (Å²) in [4.78, 5) is 15.6.